The first-order valence-corrected chi connectivity index (χ1v) is 7.79. The van der Waals surface area contributed by atoms with E-state index in [1.165, 1.54) is 42.1 Å². The van der Waals surface area contributed by atoms with E-state index in [0.717, 1.165) is 0 Å². The van der Waals surface area contributed by atoms with Crippen LogP contribution in [0.4, 0.5) is 4.39 Å². The molecule has 1 heterocycles. The molecule has 1 atom stereocenters. The molecule has 7 heteroatoms. The number of β-amino-alcohol motifs (C(OH)–C–C–N with tert-alkyl or cyclic N) is 1. The first-order chi connectivity index (χ1) is 10.5. The normalized spacial score (nSPS) is 17.9. The fraction of sp³-hybridized carbons (Fsp3) is 0.333. The van der Waals surface area contributed by atoms with Gasteiger partial charge in [-0.3, -0.25) is 5.41 Å². The van der Waals surface area contributed by atoms with E-state index in [0.29, 0.717) is 17.0 Å². The summed E-state index contributed by atoms with van der Waals surface area (Å²) in [4.78, 5) is 13.1. The van der Waals surface area contributed by atoms with E-state index in [2.05, 4.69) is 0 Å². The summed E-state index contributed by atoms with van der Waals surface area (Å²) in [5.74, 6) is -0.356. The molecule has 22 heavy (non-hydrogen) atoms. The van der Waals surface area contributed by atoms with Crippen LogP contribution in [0, 0.1) is 11.2 Å². The van der Waals surface area contributed by atoms with E-state index in [4.69, 9.17) is 10.1 Å². The first kappa shape index (κ1) is 16.5. The zero-order valence-corrected chi connectivity index (χ0v) is 12.9. The first-order valence-electron chi connectivity index (χ1n) is 6.81. The number of carbonyl (C=O) groups excluding carboxylic acids is 1. The van der Waals surface area contributed by atoms with E-state index in [9.17, 15) is 14.3 Å². The third kappa shape index (κ3) is 4.08. The van der Waals surface area contributed by atoms with Gasteiger partial charge in [0, 0.05) is 17.5 Å². The third-order valence-electron chi connectivity index (χ3n) is 3.13. The number of hydrogen-bond acceptors (Lipinski definition) is 5. The van der Waals surface area contributed by atoms with Crippen molar-refractivity contribution in [3.63, 3.8) is 0 Å². The molecule has 0 saturated carbocycles. The van der Waals surface area contributed by atoms with E-state index in [1.54, 1.807) is 11.8 Å². The number of aliphatic hydroxyl groups excluding tert-OH is 1. The molecule has 1 aromatic carbocycles. The van der Waals surface area contributed by atoms with E-state index in [1.807, 2.05) is 0 Å². The lowest BCUT2D eigenvalue weighted by molar-refractivity contribution is -0.137. The van der Waals surface area contributed by atoms with Crippen molar-refractivity contribution in [2.45, 2.75) is 13.0 Å². The number of amidine groups is 1. The van der Waals surface area contributed by atoms with Gasteiger partial charge in [0.25, 0.3) is 0 Å². The molecule has 5 nitrogen and oxygen atoms in total. The van der Waals surface area contributed by atoms with Crippen LogP contribution in [0.25, 0.3) is 0 Å². The molecule has 0 amide bonds. The smallest absolute Gasteiger partial charge is 0.332 e. The highest BCUT2D eigenvalue weighted by atomic mass is 32.2. The van der Waals surface area contributed by atoms with Crippen LogP contribution in [0.2, 0.25) is 0 Å². The molecule has 0 aliphatic carbocycles. The molecule has 1 aliphatic rings. The minimum absolute atomic E-state index is 0.128. The maximum absolute atomic E-state index is 12.9. The van der Waals surface area contributed by atoms with Gasteiger partial charge in [-0.05, 0) is 24.6 Å². The molecule has 1 fully saturated rings. The molecule has 2 rings (SSSR count). The topological polar surface area (TPSA) is 73.6 Å². The van der Waals surface area contributed by atoms with Crippen LogP contribution >= 0.6 is 11.8 Å². The highest BCUT2D eigenvalue weighted by Crippen LogP contribution is 2.28. The van der Waals surface area contributed by atoms with E-state index in [-0.39, 0.29) is 24.1 Å². The summed E-state index contributed by atoms with van der Waals surface area (Å²) in [6.07, 6.45) is 0.459. The highest BCUT2D eigenvalue weighted by molar-refractivity contribution is 8.14. The average molecular weight is 324 g/mol. The van der Waals surface area contributed by atoms with Crippen molar-refractivity contribution in [3.8, 4) is 0 Å². The Morgan fingerprint density at radius 2 is 2.23 bits per heavy atom. The van der Waals surface area contributed by atoms with E-state index >= 15 is 0 Å². The van der Waals surface area contributed by atoms with Crippen LogP contribution in [0.15, 0.2) is 36.0 Å². The summed E-state index contributed by atoms with van der Waals surface area (Å²) >= 11 is 1.28. The zero-order chi connectivity index (χ0) is 16.1. The minimum atomic E-state index is -0.884. The molecular weight excluding hydrogens is 307 g/mol. The number of nitrogens with zero attached hydrogens (tertiary/aromatic N) is 1. The average Bonchev–Trinajstić information content (AvgIpc) is 2.81. The Morgan fingerprint density at radius 1 is 1.55 bits per heavy atom. The van der Waals surface area contributed by atoms with Gasteiger partial charge in [-0.15, -0.1) is 0 Å². The molecule has 0 radical (unpaired) electrons. The number of hydrogen-bond donors (Lipinski definition) is 2. The fourth-order valence-corrected chi connectivity index (χ4v) is 2.90. The van der Waals surface area contributed by atoms with Crippen LogP contribution in [0.5, 0.6) is 0 Å². The van der Waals surface area contributed by atoms with Gasteiger partial charge in [0.05, 0.1) is 19.3 Å². The Labute approximate surface area is 132 Å². The Balaban J connectivity index is 2.09. The lowest BCUT2D eigenvalue weighted by Gasteiger charge is -2.22. The van der Waals surface area contributed by atoms with Crippen LogP contribution in [0.3, 0.4) is 0 Å². The molecule has 1 aliphatic heterocycles. The summed E-state index contributed by atoms with van der Waals surface area (Å²) in [5.41, 5.74) is 1.18. The van der Waals surface area contributed by atoms with Gasteiger partial charge < -0.3 is 14.7 Å². The summed E-state index contributed by atoms with van der Waals surface area (Å²) < 4.78 is 17.8. The summed E-state index contributed by atoms with van der Waals surface area (Å²) in [6, 6.07) is 5.55. The molecule has 2 N–H and O–H groups in total. The van der Waals surface area contributed by atoms with Crippen LogP contribution in [-0.4, -0.2) is 40.0 Å². The zero-order valence-electron chi connectivity index (χ0n) is 12.1. The van der Waals surface area contributed by atoms with Crippen LogP contribution in [0.1, 0.15) is 18.6 Å². The van der Waals surface area contributed by atoms with Crippen molar-refractivity contribution in [3.05, 3.63) is 47.4 Å². The Morgan fingerprint density at radius 3 is 2.86 bits per heavy atom. The SMILES string of the molecule is CCOC(=O)/C=C1\CSC(=N)N1CC(O)c1ccc(F)cc1. The Hall–Kier alpha value is -1.86. The molecule has 0 bridgehead atoms. The van der Waals surface area contributed by atoms with Crippen LogP contribution < -0.4 is 0 Å². The van der Waals surface area contributed by atoms with Gasteiger partial charge in [-0.1, -0.05) is 23.9 Å². The number of esters is 1. The second-order valence-electron chi connectivity index (χ2n) is 4.66. The minimum Gasteiger partial charge on any atom is -0.463 e. The van der Waals surface area contributed by atoms with Crippen molar-refractivity contribution >= 4 is 22.9 Å². The number of carbonyl (C=O) groups is 1. The predicted octanol–water partition coefficient (Wildman–Crippen LogP) is 2.29. The maximum atomic E-state index is 12.9. The molecule has 1 aromatic rings. The number of halogens is 1. The number of ether oxygens (including phenoxy) is 1. The Bertz CT molecular complexity index is 589. The number of benzene rings is 1. The van der Waals surface area contributed by atoms with E-state index < -0.39 is 12.1 Å². The van der Waals surface area contributed by atoms with Crippen molar-refractivity contribution < 1.29 is 19.0 Å². The summed E-state index contributed by atoms with van der Waals surface area (Å²) in [6.45, 7) is 2.13. The lowest BCUT2D eigenvalue weighted by atomic mass is 10.1. The Kier molecular flexibility index (Phi) is 5.57. The molecule has 1 saturated heterocycles. The fourth-order valence-electron chi connectivity index (χ4n) is 2.03. The monoisotopic (exact) mass is 324 g/mol. The lowest BCUT2D eigenvalue weighted by Crippen LogP contribution is -2.28. The van der Waals surface area contributed by atoms with Crippen molar-refractivity contribution in [1.29, 1.82) is 5.41 Å². The van der Waals surface area contributed by atoms with Gasteiger partial charge in [0.1, 0.15) is 5.82 Å². The summed E-state index contributed by atoms with van der Waals surface area (Å²) in [5, 5.41) is 18.4. The van der Waals surface area contributed by atoms with Gasteiger partial charge in [0.15, 0.2) is 5.17 Å². The molecule has 118 valence electrons. The molecule has 0 spiro atoms. The maximum Gasteiger partial charge on any atom is 0.332 e. The predicted molar refractivity (Wildman–Crippen MR) is 83.0 cm³/mol. The molecular formula is C15H17FN2O3S. The quantitative estimate of drug-likeness (QED) is 0.642. The standard InChI is InChI=1S/C15H17FN2O3S/c1-2-21-14(20)7-12-9-22-15(17)18(12)8-13(19)10-3-5-11(16)6-4-10/h3-7,13,17,19H,2,8-9H2,1H3/b12-7+,17-15?. The van der Waals surface area contributed by atoms with Gasteiger partial charge >= 0.3 is 5.97 Å². The summed E-state index contributed by atoms with van der Waals surface area (Å²) in [7, 11) is 0. The van der Waals surface area contributed by atoms with Crippen molar-refractivity contribution in [2.24, 2.45) is 0 Å². The van der Waals surface area contributed by atoms with Crippen molar-refractivity contribution in [2.75, 3.05) is 18.9 Å². The number of aliphatic hydroxyl groups is 1. The van der Waals surface area contributed by atoms with Gasteiger partial charge in [-0.2, -0.15) is 0 Å². The number of rotatable bonds is 5. The second-order valence-corrected chi connectivity index (χ2v) is 5.62. The number of thioether (sulfide) groups is 1. The third-order valence-corrected chi connectivity index (χ3v) is 4.06. The molecule has 1 unspecified atom stereocenters. The van der Waals surface area contributed by atoms with Crippen molar-refractivity contribution in [1.82, 2.24) is 4.90 Å². The van der Waals surface area contributed by atoms with Gasteiger partial charge in [0.2, 0.25) is 0 Å². The highest BCUT2D eigenvalue weighted by Gasteiger charge is 2.27. The van der Waals surface area contributed by atoms with Crippen LogP contribution in [-0.2, 0) is 9.53 Å². The second kappa shape index (κ2) is 7.42. The molecule has 0 aromatic heterocycles. The largest absolute Gasteiger partial charge is 0.463 e. The number of nitrogens with one attached hydrogen (secondary N) is 1. The van der Waals surface area contributed by atoms with Gasteiger partial charge in [-0.25, -0.2) is 9.18 Å².